The number of rotatable bonds is 31. The molecule has 0 saturated heterocycles. The van der Waals surface area contributed by atoms with Gasteiger partial charge in [-0.3, -0.25) is 51.3 Å². The third-order valence-electron chi connectivity index (χ3n) is 4.07. The van der Waals surface area contributed by atoms with Crippen molar-refractivity contribution in [3.05, 3.63) is 0 Å². The zero-order valence-corrected chi connectivity index (χ0v) is 29.0. The number of ether oxygens (including phenoxy) is 2. The highest BCUT2D eigenvalue weighted by molar-refractivity contribution is 7.48. The Morgan fingerprint density at radius 3 is 1.20 bits per heavy atom. The first kappa shape index (κ1) is 46.4. The van der Waals surface area contributed by atoms with E-state index in [1.165, 1.54) is 7.05 Å². The Balaban J connectivity index is 4.34. The fourth-order valence-electron chi connectivity index (χ4n) is 2.43. The molecule has 0 rings (SSSR count). The molecule has 0 heterocycles. The molecule has 0 aromatic carbocycles. The van der Waals surface area contributed by atoms with Crippen molar-refractivity contribution < 1.29 is 107 Å². The molecule has 0 bridgehead atoms. The van der Waals surface area contributed by atoms with Gasteiger partial charge in [-0.15, -0.1) is 0 Å². The van der Waals surface area contributed by atoms with Crippen LogP contribution in [0.5, 0.6) is 0 Å². The van der Waals surface area contributed by atoms with Gasteiger partial charge in [0.1, 0.15) is 12.2 Å². The first-order chi connectivity index (χ1) is 21.3. The Morgan fingerprint density at radius 2 is 0.848 bits per heavy atom. The van der Waals surface area contributed by atoms with Gasteiger partial charge in [0.25, 0.3) is 0 Å². The van der Waals surface area contributed by atoms with Crippen LogP contribution in [0.3, 0.4) is 0 Å². The quantitative estimate of drug-likeness (QED) is 0.0225. The summed E-state index contributed by atoms with van der Waals surface area (Å²) in [5.74, 6) is 0. The number of hydrogen-bond acceptors (Lipinski definition) is 19. The van der Waals surface area contributed by atoms with Crippen molar-refractivity contribution in [1.29, 1.82) is 0 Å². The Hall–Kier alpha value is 0.350. The highest BCUT2D eigenvalue weighted by Crippen LogP contribution is 2.48. The lowest BCUT2D eigenvalue weighted by Crippen LogP contribution is -2.27. The molecule has 6 unspecified atom stereocenters. The van der Waals surface area contributed by atoms with Crippen molar-refractivity contribution in [2.75, 3.05) is 93.6 Å². The van der Waals surface area contributed by atoms with E-state index in [0.717, 1.165) is 0 Å². The SMILES string of the molecule is CNCOCC(COP(=O)(O)OCCOP(=O)(O)OCCOP(=O)(O)OCCOP(=O)(O)OC(CO)COCNC)OP(=O)(O)O. The number of aliphatic hydroxyl groups excluding tert-OH is 1. The van der Waals surface area contributed by atoms with E-state index in [9.17, 15) is 42.4 Å². The number of phosphoric acid groups is 5. The lowest BCUT2D eigenvalue weighted by molar-refractivity contribution is -0.00581. The second kappa shape index (κ2) is 23.7. The van der Waals surface area contributed by atoms with E-state index in [1.807, 2.05) is 0 Å². The van der Waals surface area contributed by atoms with Crippen LogP contribution >= 0.6 is 39.1 Å². The second-order valence-electron chi connectivity index (χ2n) is 8.03. The molecule has 6 atom stereocenters. The second-order valence-corrected chi connectivity index (χ2v) is 15.0. The first-order valence-corrected chi connectivity index (χ1v) is 20.1. The van der Waals surface area contributed by atoms with Gasteiger partial charge in [-0.1, -0.05) is 0 Å². The molecule has 0 aliphatic heterocycles. The highest BCUT2D eigenvalue weighted by atomic mass is 31.2. The first-order valence-electron chi connectivity index (χ1n) is 12.6. The summed E-state index contributed by atoms with van der Waals surface area (Å²) >= 11 is 0. The van der Waals surface area contributed by atoms with Crippen LogP contribution in [-0.2, 0) is 73.0 Å². The maximum absolute atomic E-state index is 11.9. The summed E-state index contributed by atoms with van der Waals surface area (Å²) in [5, 5.41) is 14.4. The van der Waals surface area contributed by atoms with Crippen molar-refractivity contribution in [2.24, 2.45) is 0 Å². The number of hydrogen-bond donors (Lipinski definition) is 9. The molecule has 0 amide bonds. The monoisotopic (exact) mass is 784 g/mol. The summed E-state index contributed by atoms with van der Waals surface area (Å²) in [7, 11) is -21.1. The van der Waals surface area contributed by atoms with E-state index in [2.05, 4.69) is 46.8 Å². The third-order valence-corrected chi connectivity index (χ3v) is 8.74. The molecule has 0 spiro atoms. The predicted octanol–water partition coefficient (Wildman–Crippen LogP) is -1.25. The van der Waals surface area contributed by atoms with E-state index < -0.39 is 111 Å². The fourth-order valence-corrected chi connectivity index (χ4v) is 5.91. The van der Waals surface area contributed by atoms with Gasteiger partial charge < -0.3 is 43.9 Å². The molecule has 278 valence electrons. The standard InChI is InChI=1S/C16H41N2O23P5/c1-17-13-31-10-15(9-19)41-46(29,30)38-8-7-36-44(25,26)34-4-3-33-43(23,24)35-5-6-37-45(27,28)39-12-16(11-32-14-18-2)40-42(20,21)22/h15-19H,3-14H2,1-2H3,(H,23,24)(H,25,26)(H,27,28)(H,29,30)(H2,20,21,22). The molecule has 9 N–H and O–H groups in total. The topological polar surface area (TPSA) is 353 Å². The molecule has 0 aromatic heterocycles. The minimum absolute atomic E-state index is 0.0428. The Labute approximate surface area is 263 Å². The number of aliphatic hydroxyl groups is 1. The predicted molar refractivity (Wildman–Crippen MR) is 150 cm³/mol. The van der Waals surface area contributed by atoms with Crippen LogP contribution in [0.2, 0.25) is 0 Å². The molecule has 0 aromatic rings. The molecule has 0 fully saturated rings. The Morgan fingerprint density at radius 1 is 0.500 bits per heavy atom. The van der Waals surface area contributed by atoms with Crippen LogP contribution in [-0.4, -0.2) is 140 Å². The summed E-state index contributed by atoms with van der Waals surface area (Å²) in [6.45, 7) is -6.87. The minimum atomic E-state index is -5.01. The summed E-state index contributed by atoms with van der Waals surface area (Å²) in [4.78, 5) is 56.3. The van der Waals surface area contributed by atoms with E-state index in [1.54, 1.807) is 7.05 Å². The summed E-state index contributed by atoms with van der Waals surface area (Å²) in [5.41, 5.74) is 0. The smallest absolute Gasteiger partial charge is 0.394 e. The molecule has 46 heavy (non-hydrogen) atoms. The fraction of sp³-hybridized carbons (Fsp3) is 1.00. The molecular formula is C16H41N2O23P5. The van der Waals surface area contributed by atoms with Crippen molar-refractivity contribution in [3.8, 4) is 0 Å². The molecule has 0 aliphatic carbocycles. The summed E-state index contributed by atoms with van der Waals surface area (Å²) in [6, 6.07) is 0. The number of nitrogens with one attached hydrogen (secondary N) is 2. The molecule has 30 heteroatoms. The van der Waals surface area contributed by atoms with Crippen molar-refractivity contribution in [2.45, 2.75) is 12.2 Å². The lowest BCUT2D eigenvalue weighted by atomic mass is 10.4. The van der Waals surface area contributed by atoms with Gasteiger partial charge in [-0.2, -0.15) is 0 Å². The third kappa shape index (κ3) is 27.2. The normalized spacial score (nSPS) is 19.1. The van der Waals surface area contributed by atoms with E-state index in [-0.39, 0.29) is 20.1 Å². The van der Waals surface area contributed by atoms with Gasteiger partial charge >= 0.3 is 39.1 Å². The van der Waals surface area contributed by atoms with Gasteiger partial charge in [0.2, 0.25) is 0 Å². The summed E-state index contributed by atoms with van der Waals surface area (Å²) < 4.78 is 109. The van der Waals surface area contributed by atoms with Crippen LogP contribution in [0.4, 0.5) is 0 Å². The molecule has 0 aliphatic rings. The molecule has 0 saturated carbocycles. The van der Waals surface area contributed by atoms with Gasteiger partial charge in [0, 0.05) is 0 Å². The minimum Gasteiger partial charge on any atom is -0.394 e. The van der Waals surface area contributed by atoms with Crippen molar-refractivity contribution >= 4 is 39.1 Å². The summed E-state index contributed by atoms with van der Waals surface area (Å²) in [6.07, 6.45) is -2.69. The van der Waals surface area contributed by atoms with Crippen LogP contribution in [0, 0.1) is 0 Å². The van der Waals surface area contributed by atoms with Gasteiger partial charge in [0.05, 0.1) is 79.5 Å². The Kier molecular flexibility index (Phi) is 23.9. The average Bonchev–Trinajstić information content (AvgIpc) is 2.93. The van der Waals surface area contributed by atoms with E-state index in [0.29, 0.717) is 0 Å². The highest BCUT2D eigenvalue weighted by Gasteiger charge is 2.30. The molecular weight excluding hydrogens is 743 g/mol. The maximum Gasteiger partial charge on any atom is 0.472 e. The van der Waals surface area contributed by atoms with Crippen molar-refractivity contribution in [1.82, 2.24) is 10.6 Å². The van der Waals surface area contributed by atoms with Gasteiger partial charge in [0.15, 0.2) is 0 Å². The van der Waals surface area contributed by atoms with Crippen LogP contribution < -0.4 is 10.6 Å². The van der Waals surface area contributed by atoms with Crippen molar-refractivity contribution in [3.63, 3.8) is 0 Å². The Bertz CT molecular complexity index is 1060. The largest absolute Gasteiger partial charge is 0.472 e. The van der Waals surface area contributed by atoms with Gasteiger partial charge in [-0.25, -0.2) is 22.8 Å². The zero-order chi connectivity index (χ0) is 35.3. The molecule has 0 radical (unpaired) electrons. The van der Waals surface area contributed by atoms with Crippen LogP contribution in [0.25, 0.3) is 0 Å². The van der Waals surface area contributed by atoms with Crippen LogP contribution in [0.15, 0.2) is 0 Å². The zero-order valence-electron chi connectivity index (χ0n) is 24.5. The van der Waals surface area contributed by atoms with E-state index in [4.69, 9.17) is 28.9 Å². The van der Waals surface area contributed by atoms with E-state index >= 15 is 0 Å². The number of phosphoric ester groups is 5. The lowest BCUT2D eigenvalue weighted by Gasteiger charge is -2.20. The maximum atomic E-state index is 11.9. The average molecular weight is 784 g/mol. The molecule has 25 nitrogen and oxygen atoms in total. The van der Waals surface area contributed by atoms with Gasteiger partial charge in [-0.05, 0) is 14.1 Å². The van der Waals surface area contributed by atoms with Crippen LogP contribution in [0.1, 0.15) is 0 Å².